The van der Waals surface area contributed by atoms with Crippen LogP contribution < -0.4 is 10.0 Å². The van der Waals surface area contributed by atoms with Crippen molar-refractivity contribution in [1.82, 2.24) is 15.1 Å². The summed E-state index contributed by atoms with van der Waals surface area (Å²) in [7, 11) is -0.0322. The van der Waals surface area contributed by atoms with Crippen molar-refractivity contribution in [3.8, 4) is 0 Å². The monoisotopic (exact) mass is 308 g/mol. The van der Waals surface area contributed by atoms with Gasteiger partial charge in [0.15, 0.2) is 0 Å². The molecule has 0 fully saturated rings. The van der Waals surface area contributed by atoms with Gasteiger partial charge in [-0.05, 0) is 38.6 Å². The number of hydrogen-bond acceptors (Lipinski definition) is 4. The van der Waals surface area contributed by atoms with Gasteiger partial charge in [0, 0.05) is 19.3 Å². The summed E-state index contributed by atoms with van der Waals surface area (Å²) in [6.07, 6.45) is 0. The summed E-state index contributed by atoms with van der Waals surface area (Å²) in [5.41, 5.74) is 2.74. The minimum atomic E-state index is -3.63. The molecular weight excluding hydrogens is 288 g/mol. The van der Waals surface area contributed by atoms with Crippen LogP contribution in [0.25, 0.3) is 0 Å². The summed E-state index contributed by atoms with van der Waals surface area (Å²) in [6.45, 7) is 4.18. The molecule has 21 heavy (non-hydrogen) atoms. The Balaban J connectivity index is 2.29. The van der Waals surface area contributed by atoms with Crippen LogP contribution in [0.4, 0.5) is 5.69 Å². The molecule has 0 atom stereocenters. The molecular formula is C14H20N4O2S. The van der Waals surface area contributed by atoms with E-state index in [2.05, 4.69) is 15.1 Å². The van der Waals surface area contributed by atoms with Crippen LogP contribution in [0.1, 0.15) is 17.0 Å². The zero-order valence-corrected chi connectivity index (χ0v) is 13.5. The lowest BCUT2D eigenvalue weighted by molar-refractivity contribution is 0.599. The number of sulfonamides is 1. The molecule has 2 N–H and O–H groups in total. The number of hydrogen-bond donors (Lipinski definition) is 2. The first-order valence-electron chi connectivity index (χ1n) is 6.61. The molecule has 0 aliphatic rings. The highest BCUT2D eigenvalue weighted by Gasteiger charge is 2.23. The lowest BCUT2D eigenvalue weighted by atomic mass is 10.2. The van der Waals surface area contributed by atoms with Crippen LogP contribution in [0.2, 0.25) is 0 Å². The van der Waals surface area contributed by atoms with Crippen molar-refractivity contribution in [2.75, 3.05) is 11.8 Å². The molecule has 2 aromatic rings. The third kappa shape index (κ3) is 3.25. The average molecular weight is 308 g/mol. The number of nitrogens with one attached hydrogen (secondary N) is 2. The molecule has 0 saturated carbocycles. The van der Waals surface area contributed by atoms with Crippen LogP contribution >= 0.6 is 0 Å². The fraction of sp³-hybridized carbons (Fsp3) is 0.357. The van der Waals surface area contributed by atoms with Crippen LogP contribution in [-0.4, -0.2) is 25.2 Å². The van der Waals surface area contributed by atoms with Crippen molar-refractivity contribution in [1.29, 1.82) is 0 Å². The molecule has 0 amide bonds. The van der Waals surface area contributed by atoms with Crippen LogP contribution in [-0.2, 0) is 23.6 Å². The summed E-state index contributed by atoms with van der Waals surface area (Å²) in [4.78, 5) is 0.240. The quantitative estimate of drug-likeness (QED) is 0.879. The van der Waals surface area contributed by atoms with E-state index in [-0.39, 0.29) is 4.90 Å². The molecule has 1 aromatic carbocycles. The smallest absolute Gasteiger partial charge is 0.265 e. The lowest BCUT2D eigenvalue weighted by Gasteiger charge is -2.09. The first-order valence-corrected chi connectivity index (χ1v) is 8.10. The molecule has 0 aliphatic heterocycles. The molecule has 1 aromatic heterocycles. The molecule has 7 heteroatoms. The van der Waals surface area contributed by atoms with Crippen molar-refractivity contribution in [2.45, 2.75) is 25.3 Å². The Bertz CT molecular complexity index is 733. The van der Waals surface area contributed by atoms with Crippen molar-refractivity contribution < 1.29 is 8.42 Å². The second kappa shape index (κ2) is 5.87. The predicted molar refractivity (Wildman–Crippen MR) is 82.7 cm³/mol. The maximum Gasteiger partial charge on any atom is 0.265 e. The van der Waals surface area contributed by atoms with Gasteiger partial charge < -0.3 is 5.32 Å². The van der Waals surface area contributed by atoms with Gasteiger partial charge in [-0.3, -0.25) is 9.40 Å². The van der Waals surface area contributed by atoms with Gasteiger partial charge in [-0.25, -0.2) is 8.42 Å². The summed E-state index contributed by atoms with van der Waals surface area (Å²) in [5.74, 6) is 0. The Morgan fingerprint density at radius 2 is 1.81 bits per heavy atom. The Morgan fingerprint density at radius 3 is 2.29 bits per heavy atom. The van der Waals surface area contributed by atoms with E-state index in [0.717, 1.165) is 12.1 Å². The number of aromatic nitrogens is 2. The summed E-state index contributed by atoms with van der Waals surface area (Å²) in [6, 6.07) is 7.28. The van der Waals surface area contributed by atoms with E-state index < -0.39 is 10.0 Å². The van der Waals surface area contributed by atoms with Gasteiger partial charge in [0.25, 0.3) is 10.0 Å². The molecule has 0 unspecified atom stereocenters. The van der Waals surface area contributed by atoms with Crippen LogP contribution in [0.3, 0.4) is 0 Å². The highest BCUT2D eigenvalue weighted by molar-refractivity contribution is 7.92. The van der Waals surface area contributed by atoms with E-state index in [1.54, 1.807) is 37.7 Å². The molecule has 0 saturated heterocycles. The number of benzene rings is 1. The van der Waals surface area contributed by atoms with Crippen LogP contribution in [0.15, 0.2) is 29.2 Å². The molecule has 0 spiro atoms. The molecule has 2 rings (SSSR count). The number of nitrogens with zero attached hydrogens (tertiary/aromatic N) is 2. The van der Waals surface area contributed by atoms with Gasteiger partial charge >= 0.3 is 0 Å². The minimum Gasteiger partial charge on any atom is -0.316 e. The van der Waals surface area contributed by atoms with E-state index in [9.17, 15) is 8.42 Å². The van der Waals surface area contributed by atoms with E-state index >= 15 is 0 Å². The standard InChI is InChI=1S/C14H20N4O2S/c1-10-14(11(2)18(4)16-10)21(19,20)17-13-7-5-12(6-8-13)9-15-3/h5-8,15,17H,9H2,1-4H3. The van der Waals surface area contributed by atoms with Crippen molar-refractivity contribution in [3.05, 3.63) is 41.2 Å². The molecule has 0 radical (unpaired) electrons. The third-order valence-corrected chi connectivity index (χ3v) is 4.93. The van der Waals surface area contributed by atoms with E-state index in [1.807, 2.05) is 19.2 Å². The molecule has 6 nitrogen and oxygen atoms in total. The topological polar surface area (TPSA) is 76.0 Å². The van der Waals surface area contributed by atoms with Gasteiger partial charge in [-0.2, -0.15) is 5.10 Å². The van der Waals surface area contributed by atoms with Crippen LogP contribution in [0, 0.1) is 13.8 Å². The Labute approximate surface area is 125 Å². The maximum absolute atomic E-state index is 12.5. The van der Waals surface area contributed by atoms with Gasteiger partial charge in [0.1, 0.15) is 4.90 Å². The van der Waals surface area contributed by atoms with E-state index in [0.29, 0.717) is 17.1 Å². The summed E-state index contributed by atoms with van der Waals surface area (Å²) < 4.78 is 29.1. The lowest BCUT2D eigenvalue weighted by Crippen LogP contribution is -2.15. The highest BCUT2D eigenvalue weighted by Crippen LogP contribution is 2.22. The van der Waals surface area contributed by atoms with Crippen LogP contribution in [0.5, 0.6) is 0 Å². The second-order valence-electron chi connectivity index (χ2n) is 4.96. The number of anilines is 1. The normalized spacial score (nSPS) is 11.6. The average Bonchev–Trinajstić information content (AvgIpc) is 2.66. The Morgan fingerprint density at radius 1 is 1.19 bits per heavy atom. The number of rotatable bonds is 5. The molecule has 0 aliphatic carbocycles. The zero-order valence-electron chi connectivity index (χ0n) is 12.6. The predicted octanol–water partition coefficient (Wildman–Crippen LogP) is 1.56. The molecule has 0 bridgehead atoms. The summed E-state index contributed by atoms with van der Waals surface area (Å²) >= 11 is 0. The second-order valence-corrected chi connectivity index (χ2v) is 6.58. The molecule has 114 valence electrons. The van der Waals surface area contributed by atoms with E-state index in [4.69, 9.17) is 0 Å². The van der Waals surface area contributed by atoms with Gasteiger partial charge in [0.2, 0.25) is 0 Å². The molecule has 1 heterocycles. The highest BCUT2D eigenvalue weighted by atomic mass is 32.2. The van der Waals surface area contributed by atoms with Gasteiger partial charge in [-0.15, -0.1) is 0 Å². The maximum atomic E-state index is 12.5. The van der Waals surface area contributed by atoms with Gasteiger partial charge in [0.05, 0.1) is 11.4 Å². The van der Waals surface area contributed by atoms with Crippen molar-refractivity contribution in [3.63, 3.8) is 0 Å². The Hall–Kier alpha value is -1.86. The fourth-order valence-corrected chi connectivity index (χ4v) is 3.74. The third-order valence-electron chi connectivity index (χ3n) is 3.30. The van der Waals surface area contributed by atoms with Crippen molar-refractivity contribution in [2.24, 2.45) is 7.05 Å². The first kappa shape index (κ1) is 15.5. The van der Waals surface area contributed by atoms with Gasteiger partial charge in [-0.1, -0.05) is 12.1 Å². The largest absolute Gasteiger partial charge is 0.316 e. The fourth-order valence-electron chi connectivity index (χ4n) is 2.24. The first-order chi connectivity index (χ1) is 9.85. The SMILES string of the molecule is CNCc1ccc(NS(=O)(=O)c2c(C)nn(C)c2C)cc1. The van der Waals surface area contributed by atoms with E-state index in [1.165, 1.54) is 0 Å². The minimum absolute atomic E-state index is 0.240. The van der Waals surface area contributed by atoms with Crippen molar-refractivity contribution >= 4 is 15.7 Å². The zero-order chi connectivity index (χ0) is 15.6. The number of aryl methyl sites for hydroxylation is 2. The Kier molecular flexibility index (Phi) is 4.34. The summed E-state index contributed by atoms with van der Waals surface area (Å²) in [5, 5.41) is 7.19.